The van der Waals surface area contributed by atoms with Crippen LogP contribution in [-0.4, -0.2) is 92.9 Å². The Hall–Kier alpha value is -2.88. The van der Waals surface area contributed by atoms with Crippen molar-refractivity contribution in [2.75, 3.05) is 38.1 Å². The van der Waals surface area contributed by atoms with Crippen LogP contribution in [-0.2, 0) is 19.6 Å². The van der Waals surface area contributed by atoms with Crippen LogP contribution >= 0.6 is 11.3 Å². The van der Waals surface area contributed by atoms with E-state index in [9.17, 15) is 36.3 Å². The molecule has 2 heterocycles. The lowest BCUT2D eigenvalue weighted by molar-refractivity contribution is -0.149. The zero-order chi connectivity index (χ0) is 33.4. The minimum Gasteiger partial charge on any atom is -0.490 e. The van der Waals surface area contributed by atoms with E-state index in [0.29, 0.717) is 19.4 Å². The fraction of sp³-hybridized carbons (Fsp3) is 0.600. The molecule has 4 atom stereocenters. The van der Waals surface area contributed by atoms with Crippen molar-refractivity contribution >= 4 is 38.9 Å². The molecule has 2 aromatic rings. The zero-order valence-electron chi connectivity index (χ0n) is 25.9. The highest BCUT2D eigenvalue weighted by Gasteiger charge is 2.32. The zero-order valence-corrected chi connectivity index (χ0v) is 27.5. The van der Waals surface area contributed by atoms with Gasteiger partial charge in [0.25, 0.3) is 15.9 Å². The number of rotatable bonds is 9. The number of hydrogen-bond acceptors (Lipinski definition) is 8. The molecule has 0 unspecified atom stereocenters. The molecule has 252 valence electrons. The molecule has 45 heavy (non-hydrogen) atoms. The van der Waals surface area contributed by atoms with Crippen molar-refractivity contribution in [3.8, 4) is 5.75 Å². The SMILES string of the molecule is C[C@@H]1CN([C@@H](C)CO)C(=O)c2cc(NS(=O)(=O)c3cccs3)ccc2O[C@@H](C)CCCCO[C@H]1CN(C)C(=O)CCC(F)(F)F. The van der Waals surface area contributed by atoms with E-state index in [0.717, 1.165) is 17.8 Å². The highest BCUT2D eigenvalue weighted by atomic mass is 32.2. The first-order valence-corrected chi connectivity index (χ1v) is 17.2. The summed E-state index contributed by atoms with van der Waals surface area (Å²) in [5.41, 5.74) is 0.243. The van der Waals surface area contributed by atoms with E-state index in [4.69, 9.17) is 9.47 Å². The maximum atomic E-state index is 14.2. The average molecular weight is 678 g/mol. The number of thiophene rings is 1. The Morgan fingerprint density at radius 3 is 2.62 bits per heavy atom. The molecule has 0 fully saturated rings. The van der Waals surface area contributed by atoms with Crippen LogP contribution in [0, 0.1) is 5.92 Å². The number of nitrogens with one attached hydrogen (secondary N) is 1. The molecule has 2 N–H and O–H groups in total. The van der Waals surface area contributed by atoms with Gasteiger partial charge in [-0.3, -0.25) is 14.3 Å². The number of aliphatic hydroxyl groups is 1. The van der Waals surface area contributed by atoms with Crippen molar-refractivity contribution < 1.29 is 45.8 Å². The maximum Gasteiger partial charge on any atom is 0.389 e. The minimum atomic E-state index is -4.45. The van der Waals surface area contributed by atoms with Gasteiger partial charge >= 0.3 is 6.18 Å². The van der Waals surface area contributed by atoms with Gasteiger partial charge in [0.2, 0.25) is 5.91 Å². The summed E-state index contributed by atoms with van der Waals surface area (Å²) in [6.45, 7) is 5.35. The quantitative estimate of drug-likeness (QED) is 0.377. The van der Waals surface area contributed by atoms with Crippen LogP contribution in [0.3, 0.4) is 0 Å². The molecule has 1 aliphatic heterocycles. The lowest BCUT2D eigenvalue weighted by Crippen LogP contribution is -2.48. The van der Waals surface area contributed by atoms with Crippen LogP contribution in [0.15, 0.2) is 39.9 Å². The number of anilines is 1. The standard InChI is InChI=1S/C30H42F3N3O7S2/c1-20-17-36(21(2)19-37)29(39)24-16-23(34-45(40,41)28-9-7-15-44-28)10-11-25(24)43-22(3)8-5-6-14-42-26(20)18-35(4)27(38)12-13-30(31,32)33/h7,9-11,15-16,20-22,26,34,37H,5-6,8,12-14,17-19H2,1-4H3/t20-,21+,22+,26+/m1/s1. The Bertz CT molecular complexity index is 1370. The molecule has 1 aliphatic rings. The van der Waals surface area contributed by atoms with Crippen molar-refractivity contribution in [3.63, 3.8) is 0 Å². The summed E-state index contributed by atoms with van der Waals surface area (Å²) >= 11 is 1.05. The van der Waals surface area contributed by atoms with Crippen LogP contribution in [0.1, 0.15) is 63.2 Å². The Labute approximate surface area is 266 Å². The van der Waals surface area contributed by atoms with Crippen molar-refractivity contribution in [2.45, 2.75) is 81.5 Å². The topological polar surface area (TPSA) is 125 Å². The summed E-state index contributed by atoms with van der Waals surface area (Å²) in [7, 11) is -2.48. The highest BCUT2D eigenvalue weighted by molar-refractivity contribution is 7.94. The third kappa shape index (κ3) is 10.9. The lowest BCUT2D eigenvalue weighted by Gasteiger charge is -2.36. The fourth-order valence-electron chi connectivity index (χ4n) is 4.88. The van der Waals surface area contributed by atoms with E-state index in [2.05, 4.69) is 4.72 Å². The summed E-state index contributed by atoms with van der Waals surface area (Å²) < 4.78 is 78.9. The van der Waals surface area contributed by atoms with E-state index in [-0.39, 0.29) is 47.0 Å². The monoisotopic (exact) mass is 677 g/mol. The molecule has 0 saturated heterocycles. The Kier molecular flexibility index (Phi) is 13.1. The van der Waals surface area contributed by atoms with Crippen molar-refractivity contribution in [3.05, 3.63) is 41.3 Å². The second-order valence-electron chi connectivity index (χ2n) is 11.4. The van der Waals surface area contributed by atoms with Gasteiger partial charge in [0, 0.05) is 44.8 Å². The number of amides is 2. The number of carbonyl (C=O) groups excluding carboxylic acids is 2. The second-order valence-corrected chi connectivity index (χ2v) is 14.3. The third-order valence-electron chi connectivity index (χ3n) is 7.57. The Balaban J connectivity index is 1.94. The van der Waals surface area contributed by atoms with Gasteiger partial charge < -0.3 is 24.4 Å². The molecule has 1 aromatic carbocycles. The van der Waals surface area contributed by atoms with Crippen LogP contribution in [0.25, 0.3) is 0 Å². The van der Waals surface area contributed by atoms with Crippen LogP contribution in [0.5, 0.6) is 5.75 Å². The average Bonchev–Trinajstić information content (AvgIpc) is 3.53. The predicted octanol–water partition coefficient (Wildman–Crippen LogP) is 5.15. The van der Waals surface area contributed by atoms with Gasteiger partial charge in [0.1, 0.15) is 9.96 Å². The van der Waals surface area contributed by atoms with Crippen LogP contribution in [0.2, 0.25) is 0 Å². The number of halogens is 3. The van der Waals surface area contributed by atoms with Gasteiger partial charge in [-0.25, -0.2) is 8.42 Å². The van der Waals surface area contributed by atoms with Gasteiger partial charge in [-0.05, 0) is 62.8 Å². The number of carbonyl (C=O) groups is 2. The number of hydrogen-bond donors (Lipinski definition) is 2. The molecular weight excluding hydrogens is 635 g/mol. The summed E-state index contributed by atoms with van der Waals surface area (Å²) in [6.07, 6.45) is -5.27. The molecule has 0 radical (unpaired) electrons. The maximum absolute atomic E-state index is 14.2. The molecule has 0 bridgehead atoms. The molecular formula is C30H42F3N3O7S2. The van der Waals surface area contributed by atoms with Crippen molar-refractivity contribution in [1.29, 1.82) is 0 Å². The smallest absolute Gasteiger partial charge is 0.389 e. The van der Waals surface area contributed by atoms with Crippen LogP contribution in [0.4, 0.5) is 18.9 Å². The van der Waals surface area contributed by atoms with Crippen molar-refractivity contribution in [2.24, 2.45) is 5.92 Å². The lowest BCUT2D eigenvalue weighted by atomic mass is 10.0. The number of aliphatic hydroxyl groups excluding tert-OH is 1. The fourth-order valence-corrected chi connectivity index (χ4v) is 6.92. The van der Waals surface area contributed by atoms with Gasteiger partial charge in [0.15, 0.2) is 0 Å². The number of sulfonamides is 1. The molecule has 3 rings (SSSR count). The number of alkyl halides is 3. The molecule has 1 aromatic heterocycles. The number of ether oxygens (including phenoxy) is 2. The van der Waals surface area contributed by atoms with E-state index < -0.39 is 58.9 Å². The number of likely N-dealkylation sites (N-methyl/N-ethyl adjacent to an activating group) is 1. The van der Waals surface area contributed by atoms with Gasteiger partial charge in [0.05, 0.1) is 36.8 Å². The van der Waals surface area contributed by atoms with Crippen LogP contribution < -0.4 is 9.46 Å². The largest absolute Gasteiger partial charge is 0.490 e. The number of nitrogens with zero attached hydrogens (tertiary/aromatic N) is 2. The Morgan fingerprint density at radius 1 is 1.24 bits per heavy atom. The van der Waals surface area contributed by atoms with Gasteiger partial charge in [-0.15, -0.1) is 11.3 Å². The normalized spacial score (nSPS) is 21.3. The number of fused-ring (bicyclic) bond motifs is 1. The molecule has 15 heteroatoms. The first-order chi connectivity index (χ1) is 21.1. The van der Waals surface area contributed by atoms with Gasteiger partial charge in [-0.2, -0.15) is 13.2 Å². The molecule has 2 amide bonds. The second kappa shape index (κ2) is 16.1. The van der Waals surface area contributed by atoms with Gasteiger partial charge in [-0.1, -0.05) is 13.0 Å². The summed E-state index contributed by atoms with van der Waals surface area (Å²) in [5, 5.41) is 11.7. The summed E-state index contributed by atoms with van der Waals surface area (Å²) in [4.78, 5) is 29.3. The molecule has 0 spiro atoms. The minimum absolute atomic E-state index is 0.0120. The molecule has 0 aliphatic carbocycles. The first kappa shape index (κ1) is 36.6. The van der Waals surface area contributed by atoms with Crippen molar-refractivity contribution in [1.82, 2.24) is 9.80 Å². The third-order valence-corrected chi connectivity index (χ3v) is 10.3. The first-order valence-electron chi connectivity index (χ1n) is 14.8. The molecule has 0 saturated carbocycles. The molecule has 10 nitrogen and oxygen atoms in total. The van der Waals surface area contributed by atoms with E-state index in [1.54, 1.807) is 31.4 Å². The highest BCUT2D eigenvalue weighted by Crippen LogP contribution is 2.30. The predicted molar refractivity (Wildman–Crippen MR) is 165 cm³/mol. The number of benzene rings is 1. The summed E-state index contributed by atoms with van der Waals surface area (Å²) in [6, 6.07) is 6.88. The van der Waals surface area contributed by atoms with E-state index in [1.165, 1.54) is 35.0 Å². The Morgan fingerprint density at radius 2 is 1.98 bits per heavy atom. The van der Waals surface area contributed by atoms with E-state index in [1.807, 2.05) is 6.92 Å². The van der Waals surface area contributed by atoms with E-state index >= 15 is 0 Å². The summed E-state index contributed by atoms with van der Waals surface area (Å²) in [5.74, 6) is -1.34.